The zero-order chi connectivity index (χ0) is 19.5. The fraction of sp³-hybridized carbons (Fsp3) is 0.273. The number of ether oxygens (including phenoxy) is 1. The summed E-state index contributed by atoms with van der Waals surface area (Å²) in [7, 11) is 3.71. The van der Waals surface area contributed by atoms with E-state index < -0.39 is 0 Å². The molecule has 0 radical (unpaired) electrons. The molecule has 1 aromatic heterocycles. The molecular formula is C22H24N4O2. The lowest BCUT2D eigenvalue weighted by Gasteiger charge is -2.19. The van der Waals surface area contributed by atoms with Crippen molar-refractivity contribution in [3.05, 3.63) is 78.1 Å². The van der Waals surface area contributed by atoms with Crippen LogP contribution < -0.4 is 9.64 Å². The molecule has 6 heteroatoms. The number of benzene rings is 2. The minimum atomic E-state index is -0.0789. The highest BCUT2D eigenvalue weighted by Crippen LogP contribution is 2.26. The van der Waals surface area contributed by atoms with Gasteiger partial charge in [0.2, 0.25) is 0 Å². The van der Waals surface area contributed by atoms with Crippen molar-refractivity contribution in [3.8, 4) is 5.75 Å². The normalized spacial score (nSPS) is 17.9. The number of para-hydroxylation sites is 2. The van der Waals surface area contributed by atoms with Crippen molar-refractivity contribution in [2.24, 2.45) is 7.05 Å². The highest BCUT2D eigenvalue weighted by molar-refractivity contribution is 6.07. The maximum atomic E-state index is 13.0. The Morgan fingerprint density at radius 3 is 2.68 bits per heavy atom. The average Bonchev–Trinajstić information content (AvgIpc) is 3.34. The van der Waals surface area contributed by atoms with Crippen molar-refractivity contribution in [2.75, 3.05) is 25.1 Å². The summed E-state index contributed by atoms with van der Waals surface area (Å²) in [4.78, 5) is 16.9. The van der Waals surface area contributed by atoms with E-state index in [4.69, 9.17) is 4.74 Å². The van der Waals surface area contributed by atoms with Crippen LogP contribution in [-0.4, -0.2) is 46.8 Å². The second-order valence-corrected chi connectivity index (χ2v) is 7.11. The first-order valence-electron chi connectivity index (χ1n) is 9.38. The van der Waals surface area contributed by atoms with Crippen LogP contribution in [0.3, 0.4) is 0 Å². The molecule has 4 rings (SSSR count). The molecule has 2 aromatic carbocycles. The summed E-state index contributed by atoms with van der Waals surface area (Å²) in [6, 6.07) is 17.4. The maximum absolute atomic E-state index is 13.0. The van der Waals surface area contributed by atoms with Crippen LogP contribution in [0.5, 0.6) is 5.75 Å². The predicted molar refractivity (Wildman–Crippen MR) is 109 cm³/mol. The second kappa shape index (κ2) is 7.86. The highest BCUT2D eigenvalue weighted by Gasteiger charge is 2.34. The number of nitrogens with zero attached hydrogens (tertiary/aromatic N) is 4. The number of hydrogen-bond donors (Lipinski definition) is 0. The summed E-state index contributed by atoms with van der Waals surface area (Å²) in [5, 5.41) is 4.21. The van der Waals surface area contributed by atoms with Crippen molar-refractivity contribution in [1.82, 2.24) is 14.7 Å². The van der Waals surface area contributed by atoms with Crippen LogP contribution in [0.2, 0.25) is 0 Å². The van der Waals surface area contributed by atoms with E-state index in [1.165, 1.54) is 5.56 Å². The SMILES string of the molecule is CN(C(=O)c1ccccc1OCC1CN1Cc1cnn(C)c1)c1ccccc1. The molecule has 2 heterocycles. The number of carbonyl (C=O) groups is 1. The van der Waals surface area contributed by atoms with Gasteiger partial charge >= 0.3 is 0 Å². The minimum absolute atomic E-state index is 0.0789. The molecule has 1 saturated heterocycles. The van der Waals surface area contributed by atoms with Crippen LogP contribution >= 0.6 is 0 Å². The molecule has 0 saturated carbocycles. The minimum Gasteiger partial charge on any atom is -0.491 e. The molecule has 0 aliphatic carbocycles. The lowest BCUT2D eigenvalue weighted by Crippen LogP contribution is -2.27. The molecule has 28 heavy (non-hydrogen) atoms. The first kappa shape index (κ1) is 18.3. The summed E-state index contributed by atoms with van der Waals surface area (Å²) in [5.41, 5.74) is 2.63. The molecule has 1 amide bonds. The van der Waals surface area contributed by atoms with Gasteiger partial charge in [-0.15, -0.1) is 0 Å². The van der Waals surface area contributed by atoms with Crippen molar-refractivity contribution in [1.29, 1.82) is 0 Å². The zero-order valence-electron chi connectivity index (χ0n) is 16.2. The van der Waals surface area contributed by atoms with E-state index in [1.807, 2.05) is 78.7 Å². The lowest BCUT2D eigenvalue weighted by atomic mass is 10.1. The Bertz CT molecular complexity index is 954. The monoisotopic (exact) mass is 376 g/mol. The van der Waals surface area contributed by atoms with E-state index >= 15 is 0 Å². The summed E-state index contributed by atoms with van der Waals surface area (Å²) in [6.07, 6.45) is 3.92. The van der Waals surface area contributed by atoms with Gasteiger partial charge in [0.15, 0.2) is 0 Å². The van der Waals surface area contributed by atoms with Crippen LogP contribution in [-0.2, 0) is 13.6 Å². The van der Waals surface area contributed by atoms with Gasteiger partial charge in [-0.2, -0.15) is 5.10 Å². The maximum Gasteiger partial charge on any atom is 0.261 e. The quantitative estimate of drug-likeness (QED) is 0.595. The number of hydrogen-bond acceptors (Lipinski definition) is 4. The number of carbonyl (C=O) groups excluding carboxylic acids is 1. The smallest absolute Gasteiger partial charge is 0.261 e. The van der Waals surface area contributed by atoms with Gasteiger partial charge in [0, 0.05) is 44.6 Å². The predicted octanol–water partition coefficient (Wildman–Crippen LogP) is 2.96. The summed E-state index contributed by atoms with van der Waals surface area (Å²) < 4.78 is 7.85. The van der Waals surface area contributed by atoms with E-state index in [-0.39, 0.29) is 5.91 Å². The van der Waals surface area contributed by atoms with Crippen LogP contribution in [0, 0.1) is 0 Å². The Hall–Kier alpha value is -3.12. The molecule has 2 unspecified atom stereocenters. The van der Waals surface area contributed by atoms with E-state index in [1.54, 1.807) is 11.9 Å². The summed E-state index contributed by atoms with van der Waals surface area (Å²) >= 11 is 0. The molecule has 0 N–H and O–H groups in total. The van der Waals surface area contributed by atoms with Crippen LogP contribution in [0.25, 0.3) is 0 Å². The highest BCUT2D eigenvalue weighted by atomic mass is 16.5. The van der Waals surface area contributed by atoms with Crippen molar-refractivity contribution in [3.63, 3.8) is 0 Å². The first-order chi connectivity index (χ1) is 13.6. The number of amides is 1. The average molecular weight is 376 g/mol. The Kier molecular flexibility index (Phi) is 5.12. The van der Waals surface area contributed by atoms with Gasteiger partial charge in [-0.1, -0.05) is 30.3 Å². The molecule has 1 fully saturated rings. The van der Waals surface area contributed by atoms with E-state index in [0.29, 0.717) is 24.0 Å². The van der Waals surface area contributed by atoms with E-state index in [9.17, 15) is 4.79 Å². The fourth-order valence-electron chi connectivity index (χ4n) is 3.27. The molecule has 1 aliphatic heterocycles. The van der Waals surface area contributed by atoms with Gasteiger partial charge in [-0.3, -0.25) is 14.4 Å². The molecule has 0 bridgehead atoms. The van der Waals surface area contributed by atoms with Gasteiger partial charge in [0.1, 0.15) is 12.4 Å². The Morgan fingerprint density at radius 1 is 1.18 bits per heavy atom. The standard InChI is InChI=1S/C22H24N4O2/c1-24-13-17(12-23-24)14-26-15-19(26)16-28-21-11-7-6-10-20(21)22(27)25(2)18-8-4-3-5-9-18/h3-13,19H,14-16H2,1-2H3. The van der Waals surface area contributed by atoms with Gasteiger partial charge in [0.05, 0.1) is 17.8 Å². The van der Waals surface area contributed by atoms with E-state index in [0.717, 1.165) is 18.8 Å². The van der Waals surface area contributed by atoms with Crippen molar-refractivity contribution >= 4 is 11.6 Å². The number of aromatic nitrogens is 2. The molecule has 1 aliphatic rings. The lowest BCUT2D eigenvalue weighted by molar-refractivity contribution is 0.0989. The molecule has 6 nitrogen and oxygen atoms in total. The number of anilines is 1. The zero-order valence-corrected chi connectivity index (χ0v) is 16.2. The largest absolute Gasteiger partial charge is 0.491 e. The van der Waals surface area contributed by atoms with E-state index in [2.05, 4.69) is 10.00 Å². The second-order valence-electron chi connectivity index (χ2n) is 7.11. The summed E-state index contributed by atoms with van der Waals surface area (Å²) in [6.45, 7) is 2.44. The Labute approximate surface area is 164 Å². The van der Waals surface area contributed by atoms with Crippen LogP contribution in [0.4, 0.5) is 5.69 Å². The van der Waals surface area contributed by atoms with Gasteiger partial charge in [-0.25, -0.2) is 0 Å². The number of aryl methyl sites for hydroxylation is 1. The third-order valence-corrected chi connectivity index (χ3v) is 4.97. The van der Waals surface area contributed by atoms with Crippen molar-refractivity contribution in [2.45, 2.75) is 12.6 Å². The fourth-order valence-corrected chi connectivity index (χ4v) is 3.27. The Morgan fingerprint density at radius 2 is 1.93 bits per heavy atom. The first-order valence-corrected chi connectivity index (χ1v) is 9.38. The van der Waals surface area contributed by atoms with Gasteiger partial charge in [0.25, 0.3) is 5.91 Å². The summed E-state index contributed by atoms with van der Waals surface area (Å²) in [5.74, 6) is 0.549. The van der Waals surface area contributed by atoms with Crippen molar-refractivity contribution < 1.29 is 9.53 Å². The molecule has 144 valence electrons. The molecular weight excluding hydrogens is 352 g/mol. The number of rotatable bonds is 7. The van der Waals surface area contributed by atoms with Crippen LogP contribution in [0.1, 0.15) is 15.9 Å². The molecule has 0 spiro atoms. The van der Waals surface area contributed by atoms with Gasteiger partial charge < -0.3 is 9.64 Å². The van der Waals surface area contributed by atoms with Crippen LogP contribution in [0.15, 0.2) is 67.0 Å². The molecule has 3 aromatic rings. The van der Waals surface area contributed by atoms with Gasteiger partial charge in [-0.05, 0) is 24.3 Å². The topological polar surface area (TPSA) is 50.4 Å². The molecule has 2 atom stereocenters. The Balaban J connectivity index is 1.38. The third-order valence-electron chi connectivity index (χ3n) is 4.97. The third kappa shape index (κ3) is 4.07.